The third-order valence-electron chi connectivity index (χ3n) is 2.02. The molecule has 1 saturated heterocycles. The number of rotatable bonds is 0. The van der Waals surface area contributed by atoms with Crippen molar-refractivity contribution in [2.75, 3.05) is 13.2 Å². The Balaban J connectivity index is 2.25. The maximum absolute atomic E-state index is 5.72. The first-order valence-electron chi connectivity index (χ1n) is 3.90. The number of ether oxygens (including phenoxy) is 1. The Hall–Kier alpha value is -0.960. The normalized spacial score (nSPS) is 29.6. The Morgan fingerprint density at radius 2 is 2.55 bits per heavy atom. The van der Waals surface area contributed by atoms with Gasteiger partial charge in [0, 0.05) is 6.54 Å². The van der Waals surface area contributed by atoms with Crippen LogP contribution in [0.15, 0.2) is 23.6 Å². The highest BCUT2D eigenvalue weighted by atomic mass is 16.5. The molecular weight excluding hydrogens is 140 g/mol. The van der Waals surface area contributed by atoms with Crippen molar-refractivity contribution in [3.8, 4) is 0 Å². The van der Waals surface area contributed by atoms with Crippen molar-refractivity contribution < 1.29 is 4.74 Å². The van der Waals surface area contributed by atoms with Crippen LogP contribution >= 0.6 is 0 Å². The molecule has 0 bridgehead atoms. The average Bonchev–Trinajstić information content (AvgIpc) is 2.06. The molecule has 1 aliphatic carbocycles. The molecule has 11 heavy (non-hydrogen) atoms. The minimum absolute atomic E-state index is 0.328. The lowest BCUT2D eigenvalue weighted by Gasteiger charge is -2.29. The summed E-state index contributed by atoms with van der Waals surface area (Å²) >= 11 is 0. The zero-order valence-corrected chi connectivity index (χ0v) is 6.34. The van der Waals surface area contributed by atoms with E-state index < -0.39 is 0 Å². The SMILES string of the molecule is NC1=C2OCCNC2CC=C1. The molecule has 3 nitrogen and oxygen atoms in total. The van der Waals surface area contributed by atoms with Crippen LogP contribution in [0.1, 0.15) is 6.42 Å². The van der Waals surface area contributed by atoms with Crippen molar-refractivity contribution in [3.05, 3.63) is 23.6 Å². The molecule has 2 aliphatic rings. The highest BCUT2D eigenvalue weighted by molar-refractivity contribution is 5.28. The van der Waals surface area contributed by atoms with E-state index in [1.807, 2.05) is 6.08 Å². The van der Waals surface area contributed by atoms with Gasteiger partial charge in [0.05, 0.1) is 11.7 Å². The fraction of sp³-hybridized carbons (Fsp3) is 0.500. The molecule has 60 valence electrons. The van der Waals surface area contributed by atoms with Crippen LogP contribution < -0.4 is 11.1 Å². The minimum atomic E-state index is 0.328. The monoisotopic (exact) mass is 152 g/mol. The summed E-state index contributed by atoms with van der Waals surface area (Å²) in [5.74, 6) is 0.929. The van der Waals surface area contributed by atoms with Crippen molar-refractivity contribution in [1.29, 1.82) is 0 Å². The van der Waals surface area contributed by atoms with Crippen LogP contribution in [-0.2, 0) is 4.74 Å². The number of nitrogens with two attached hydrogens (primary N) is 1. The molecule has 0 amide bonds. The Morgan fingerprint density at radius 3 is 3.36 bits per heavy atom. The summed E-state index contributed by atoms with van der Waals surface area (Å²) in [6, 6.07) is 0.328. The van der Waals surface area contributed by atoms with Crippen molar-refractivity contribution in [1.82, 2.24) is 5.32 Å². The molecule has 1 aliphatic heterocycles. The van der Waals surface area contributed by atoms with Gasteiger partial charge in [-0.1, -0.05) is 6.08 Å². The first-order chi connectivity index (χ1) is 5.38. The highest BCUT2D eigenvalue weighted by Gasteiger charge is 2.22. The molecule has 1 unspecified atom stereocenters. The van der Waals surface area contributed by atoms with Crippen LogP contribution in [0.5, 0.6) is 0 Å². The molecule has 0 aromatic rings. The van der Waals surface area contributed by atoms with Gasteiger partial charge in [-0.05, 0) is 12.5 Å². The Labute approximate surface area is 65.9 Å². The van der Waals surface area contributed by atoms with E-state index in [-0.39, 0.29) is 0 Å². The first kappa shape index (κ1) is 6.73. The molecule has 3 N–H and O–H groups in total. The number of hydrogen-bond donors (Lipinski definition) is 2. The lowest BCUT2D eigenvalue weighted by atomic mass is 10.0. The van der Waals surface area contributed by atoms with Crippen molar-refractivity contribution in [2.45, 2.75) is 12.5 Å². The molecule has 0 spiro atoms. The number of fused-ring (bicyclic) bond motifs is 1. The second kappa shape index (κ2) is 2.58. The third-order valence-corrected chi connectivity index (χ3v) is 2.02. The topological polar surface area (TPSA) is 47.3 Å². The van der Waals surface area contributed by atoms with E-state index in [1.54, 1.807) is 0 Å². The van der Waals surface area contributed by atoms with Gasteiger partial charge in [0.25, 0.3) is 0 Å². The van der Waals surface area contributed by atoms with E-state index in [9.17, 15) is 0 Å². The van der Waals surface area contributed by atoms with Gasteiger partial charge in [-0.2, -0.15) is 0 Å². The molecule has 3 heteroatoms. The Bertz CT molecular complexity index is 220. The van der Waals surface area contributed by atoms with Gasteiger partial charge >= 0.3 is 0 Å². The maximum Gasteiger partial charge on any atom is 0.136 e. The maximum atomic E-state index is 5.72. The van der Waals surface area contributed by atoms with Crippen molar-refractivity contribution in [3.63, 3.8) is 0 Å². The van der Waals surface area contributed by atoms with E-state index in [1.165, 1.54) is 0 Å². The van der Waals surface area contributed by atoms with Gasteiger partial charge in [-0.15, -0.1) is 0 Å². The molecule has 2 rings (SSSR count). The smallest absolute Gasteiger partial charge is 0.136 e. The quantitative estimate of drug-likeness (QED) is 0.517. The number of hydrogen-bond acceptors (Lipinski definition) is 3. The lowest BCUT2D eigenvalue weighted by molar-refractivity contribution is 0.144. The molecule has 1 fully saturated rings. The van der Waals surface area contributed by atoms with Gasteiger partial charge in [-0.3, -0.25) is 0 Å². The van der Waals surface area contributed by atoms with Crippen LogP contribution in [0.25, 0.3) is 0 Å². The summed E-state index contributed by atoms with van der Waals surface area (Å²) in [5.41, 5.74) is 6.49. The molecule has 0 aromatic heterocycles. The van der Waals surface area contributed by atoms with E-state index >= 15 is 0 Å². The van der Waals surface area contributed by atoms with E-state index in [2.05, 4.69) is 11.4 Å². The van der Waals surface area contributed by atoms with E-state index in [0.29, 0.717) is 6.04 Å². The second-order valence-corrected chi connectivity index (χ2v) is 2.81. The van der Waals surface area contributed by atoms with E-state index in [4.69, 9.17) is 10.5 Å². The minimum Gasteiger partial charge on any atom is -0.493 e. The van der Waals surface area contributed by atoms with Gasteiger partial charge < -0.3 is 15.8 Å². The molecule has 0 saturated carbocycles. The molecule has 1 atom stereocenters. The fourth-order valence-corrected chi connectivity index (χ4v) is 1.48. The molecule has 1 heterocycles. The van der Waals surface area contributed by atoms with E-state index in [0.717, 1.165) is 31.0 Å². The average molecular weight is 152 g/mol. The number of morpholine rings is 1. The number of nitrogens with one attached hydrogen (secondary N) is 1. The lowest BCUT2D eigenvalue weighted by Crippen LogP contribution is -2.41. The number of allylic oxidation sites excluding steroid dienone is 1. The molecule has 0 radical (unpaired) electrons. The van der Waals surface area contributed by atoms with Gasteiger partial charge in [0.1, 0.15) is 12.4 Å². The summed E-state index contributed by atoms with van der Waals surface area (Å²) < 4.78 is 5.44. The van der Waals surface area contributed by atoms with Gasteiger partial charge in [0.2, 0.25) is 0 Å². The highest BCUT2D eigenvalue weighted by Crippen LogP contribution is 2.19. The zero-order valence-electron chi connectivity index (χ0n) is 6.34. The summed E-state index contributed by atoms with van der Waals surface area (Å²) in [7, 11) is 0. The summed E-state index contributed by atoms with van der Waals surface area (Å²) in [6.45, 7) is 1.66. The molecule has 0 aromatic carbocycles. The Morgan fingerprint density at radius 1 is 1.64 bits per heavy atom. The van der Waals surface area contributed by atoms with Crippen LogP contribution in [0.2, 0.25) is 0 Å². The van der Waals surface area contributed by atoms with Gasteiger partial charge in [0.15, 0.2) is 0 Å². The zero-order chi connectivity index (χ0) is 7.68. The summed E-state index contributed by atoms with van der Waals surface area (Å²) in [6.07, 6.45) is 4.99. The summed E-state index contributed by atoms with van der Waals surface area (Å²) in [4.78, 5) is 0. The summed E-state index contributed by atoms with van der Waals surface area (Å²) in [5, 5.41) is 3.34. The fourth-order valence-electron chi connectivity index (χ4n) is 1.48. The van der Waals surface area contributed by atoms with Crippen molar-refractivity contribution >= 4 is 0 Å². The van der Waals surface area contributed by atoms with Crippen LogP contribution in [0, 0.1) is 0 Å². The first-order valence-corrected chi connectivity index (χ1v) is 3.90. The van der Waals surface area contributed by atoms with Crippen LogP contribution in [0.3, 0.4) is 0 Å². The second-order valence-electron chi connectivity index (χ2n) is 2.81. The van der Waals surface area contributed by atoms with Crippen LogP contribution in [-0.4, -0.2) is 19.2 Å². The predicted molar refractivity (Wildman–Crippen MR) is 42.7 cm³/mol. The van der Waals surface area contributed by atoms with Crippen molar-refractivity contribution in [2.24, 2.45) is 5.73 Å². The largest absolute Gasteiger partial charge is 0.493 e. The van der Waals surface area contributed by atoms with Crippen LogP contribution in [0.4, 0.5) is 0 Å². The third kappa shape index (κ3) is 1.12. The van der Waals surface area contributed by atoms with Gasteiger partial charge in [-0.25, -0.2) is 0 Å². The molecular formula is C8H12N2O. The predicted octanol–water partition coefficient (Wildman–Crippen LogP) is 0.105. The Kier molecular flexibility index (Phi) is 1.58. The standard InChI is InChI=1S/C8H12N2O/c9-6-2-1-3-7-8(6)11-5-4-10-7/h1-2,7,10H,3-5,9H2.